The van der Waals surface area contributed by atoms with Crippen molar-refractivity contribution in [2.75, 3.05) is 20.8 Å². The Hall–Kier alpha value is -2.15. The molecule has 0 aliphatic carbocycles. The third-order valence-corrected chi connectivity index (χ3v) is 2.52. The van der Waals surface area contributed by atoms with Crippen LogP contribution in [0.15, 0.2) is 18.2 Å². The van der Waals surface area contributed by atoms with Gasteiger partial charge in [-0.1, -0.05) is 0 Å². The second kappa shape index (κ2) is 5.46. The van der Waals surface area contributed by atoms with Gasteiger partial charge in [0.15, 0.2) is 5.82 Å². The molecular formula is C11H15N5O2. The van der Waals surface area contributed by atoms with Crippen LogP contribution in [0.1, 0.15) is 5.82 Å². The SMILES string of the molecule is COc1ccc(-n2nnnc2CCN)c(OC)c1. The van der Waals surface area contributed by atoms with E-state index in [2.05, 4.69) is 15.5 Å². The number of nitrogens with zero attached hydrogens (tertiary/aromatic N) is 4. The molecule has 0 radical (unpaired) electrons. The molecular weight excluding hydrogens is 234 g/mol. The minimum Gasteiger partial charge on any atom is -0.497 e. The summed E-state index contributed by atoms with van der Waals surface area (Å²) in [6, 6.07) is 5.45. The zero-order valence-electron chi connectivity index (χ0n) is 10.3. The van der Waals surface area contributed by atoms with E-state index in [0.29, 0.717) is 30.3 Å². The van der Waals surface area contributed by atoms with Crippen molar-refractivity contribution in [1.82, 2.24) is 20.2 Å². The molecule has 2 N–H and O–H groups in total. The highest BCUT2D eigenvalue weighted by atomic mass is 16.5. The van der Waals surface area contributed by atoms with Gasteiger partial charge in [-0.2, -0.15) is 4.68 Å². The Kier molecular flexibility index (Phi) is 3.73. The molecule has 0 spiro atoms. The lowest BCUT2D eigenvalue weighted by atomic mass is 10.2. The maximum Gasteiger partial charge on any atom is 0.158 e. The molecule has 1 heterocycles. The highest BCUT2D eigenvalue weighted by Gasteiger charge is 2.13. The normalized spacial score (nSPS) is 10.4. The summed E-state index contributed by atoms with van der Waals surface area (Å²) >= 11 is 0. The van der Waals surface area contributed by atoms with E-state index in [0.717, 1.165) is 5.69 Å². The minimum absolute atomic E-state index is 0.485. The largest absolute Gasteiger partial charge is 0.497 e. The van der Waals surface area contributed by atoms with Crippen LogP contribution in [0, 0.1) is 0 Å². The van der Waals surface area contributed by atoms with Crippen molar-refractivity contribution in [2.45, 2.75) is 6.42 Å². The molecule has 0 amide bonds. The summed E-state index contributed by atoms with van der Waals surface area (Å²) in [6.07, 6.45) is 0.599. The van der Waals surface area contributed by atoms with E-state index in [1.165, 1.54) is 0 Å². The second-order valence-electron chi connectivity index (χ2n) is 3.58. The van der Waals surface area contributed by atoms with Gasteiger partial charge in [0.05, 0.1) is 14.2 Å². The smallest absolute Gasteiger partial charge is 0.158 e. The Balaban J connectivity index is 2.46. The zero-order valence-corrected chi connectivity index (χ0v) is 10.3. The summed E-state index contributed by atoms with van der Waals surface area (Å²) in [5.41, 5.74) is 6.28. The number of aromatic nitrogens is 4. The van der Waals surface area contributed by atoms with Gasteiger partial charge >= 0.3 is 0 Å². The van der Waals surface area contributed by atoms with Crippen molar-refractivity contribution in [3.8, 4) is 17.2 Å². The van der Waals surface area contributed by atoms with Crippen LogP contribution >= 0.6 is 0 Å². The Morgan fingerprint density at radius 3 is 2.78 bits per heavy atom. The molecule has 0 saturated carbocycles. The first kappa shape index (κ1) is 12.3. The molecule has 0 aliphatic heterocycles. The van der Waals surface area contributed by atoms with Crippen LogP contribution in [0.2, 0.25) is 0 Å². The number of tetrazole rings is 1. The molecule has 96 valence electrons. The first-order valence-corrected chi connectivity index (χ1v) is 5.50. The highest BCUT2D eigenvalue weighted by Crippen LogP contribution is 2.27. The molecule has 1 aromatic heterocycles. The molecule has 0 bridgehead atoms. The fraction of sp³-hybridized carbons (Fsp3) is 0.364. The lowest BCUT2D eigenvalue weighted by molar-refractivity contribution is 0.392. The number of rotatable bonds is 5. The summed E-state index contributed by atoms with van der Waals surface area (Å²) in [4.78, 5) is 0. The average Bonchev–Trinajstić information content (AvgIpc) is 2.86. The topological polar surface area (TPSA) is 88.1 Å². The summed E-state index contributed by atoms with van der Waals surface area (Å²) in [6.45, 7) is 0.485. The van der Waals surface area contributed by atoms with Gasteiger partial charge in [0.2, 0.25) is 0 Å². The van der Waals surface area contributed by atoms with Gasteiger partial charge in [0, 0.05) is 12.5 Å². The number of hydrogen-bond acceptors (Lipinski definition) is 6. The van der Waals surface area contributed by atoms with Crippen molar-refractivity contribution in [2.24, 2.45) is 5.73 Å². The number of methoxy groups -OCH3 is 2. The van der Waals surface area contributed by atoms with Gasteiger partial charge in [0.25, 0.3) is 0 Å². The molecule has 2 rings (SSSR count). The molecule has 0 atom stereocenters. The van der Waals surface area contributed by atoms with Gasteiger partial charge < -0.3 is 15.2 Å². The van der Waals surface area contributed by atoms with Crippen molar-refractivity contribution >= 4 is 0 Å². The number of nitrogens with two attached hydrogens (primary N) is 1. The van der Waals surface area contributed by atoms with Crippen LogP contribution in [0.3, 0.4) is 0 Å². The molecule has 2 aromatic rings. The van der Waals surface area contributed by atoms with Crippen LogP contribution in [-0.4, -0.2) is 41.0 Å². The third kappa shape index (κ3) is 2.25. The third-order valence-electron chi connectivity index (χ3n) is 2.52. The van der Waals surface area contributed by atoms with Gasteiger partial charge in [-0.15, -0.1) is 5.10 Å². The zero-order chi connectivity index (χ0) is 13.0. The quantitative estimate of drug-likeness (QED) is 0.813. The van der Waals surface area contributed by atoms with Crippen molar-refractivity contribution in [3.63, 3.8) is 0 Å². The molecule has 18 heavy (non-hydrogen) atoms. The number of benzene rings is 1. The number of hydrogen-bond donors (Lipinski definition) is 1. The van der Waals surface area contributed by atoms with E-state index in [-0.39, 0.29) is 0 Å². The van der Waals surface area contributed by atoms with Crippen molar-refractivity contribution < 1.29 is 9.47 Å². The van der Waals surface area contributed by atoms with Crippen molar-refractivity contribution in [3.05, 3.63) is 24.0 Å². The first-order valence-electron chi connectivity index (χ1n) is 5.50. The van der Waals surface area contributed by atoms with Crippen LogP contribution in [-0.2, 0) is 6.42 Å². The molecule has 0 aliphatic rings. The van der Waals surface area contributed by atoms with E-state index in [4.69, 9.17) is 15.2 Å². The Labute approximate surface area is 104 Å². The van der Waals surface area contributed by atoms with Gasteiger partial charge in [0.1, 0.15) is 17.2 Å². The molecule has 7 nitrogen and oxygen atoms in total. The van der Waals surface area contributed by atoms with E-state index in [1.54, 1.807) is 25.0 Å². The first-order chi connectivity index (χ1) is 8.80. The fourth-order valence-corrected chi connectivity index (χ4v) is 1.64. The maximum atomic E-state index is 5.52. The van der Waals surface area contributed by atoms with E-state index in [1.807, 2.05) is 12.1 Å². The molecule has 0 fully saturated rings. The van der Waals surface area contributed by atoms with Crippen molar-refractivity contribution in [1.29, 1.82) is 0 Å². The molecule has 1 aromatic carbocycles. The molecule has 0 unspecified atom stereocenters. The summed E-state index contributed by atoms with van der Waals surface area (Å²) in [5, 5.41) is 11.5. The molecule has 0 saturated heterocycles. The maximum absolute atomic E-state index is 5.52. The van der Waals surface area contributed by atoms with Crippen LogP contribution in [0.5, 0.6) is 11.5 Å². The Bertz CT molecular complexity index is 526. The van der Waals surface area contributed by atoms with Crippen LogP contribution in [0.25, 0.3) is 5.69 Å². The second-order valence-corrected chi connectivity index (χ2v) is 3.58. The summed E-state index contributed by atoms with van der Waals surface area (Å²) in [7, 11) is 3.19. The lowest BCUT2D eigenvalue weighted by Crippen LogP contribution is -2.10. The lowest BCUT2D eigenvalue weighted by Gasteiger charge is -2.10. The van der Waals surface area contributed by atoms with E-state index >= 15 is 0 Å². The standard InChI is InChI=1S/C11H15N5O2/c1-17-8-3-4-9(10(7-8)18-2)16-11(5-6-12)13-14-15-16/h3-4,7H,5-6,12H2,1-2H3. The van der Waals surface area contributed by atoms with Gasteiger partial charge in [-0.05, 0) is 29.1 Å². The summed E-state index contributed by atoms with van der Waals surface area (Å²) < 4.78 is 12.1. The number of ether oxygens (including phenoxy) is 2. The highest BCUT2D eigenvalue weighted by molar-refractivity contribution is 5.50. The minimum atomic E-state index is 0.485. The van der Waals surface area contributed by atoms with Gasteiger partial charge in [-0.25, -0.2) is 0 Å². The Morgan fingerprint density at radius 2 is 2.11 bits per heavy atom. The Morgan fingerprint density at radius 1 is 1.28 bits per heavy atom. The predicted molar refractivity (Wildman–Crippen MR) is 65.0 cm³/mol. The predicted octanol–water partition coefficient (Wildman–Crippen LogP) is 0.181. The van der Waals surface area contributed by atoms with E-state index < -0.39 is 0 Å². The van der Waals surface area contributed by atoms with Crippen LogP contribution < -0.4 is 15.2 Å². The fourth-order valence-electron chi connectivity index (χ4n) is 1.64. The summed E-state index contributed by atoms with van der Waals surface area (Å²) in [5.74, 6) is 2.05. The van der Waals surface area contributed by atoms with E-state index in [9.17, 15) is 0 Å². The average molecular weight is 249 g/mol. The molecule has 7 heteroatoms. The van der Waals surface area contributed by atoms with Crippen LogP contribution in [0.4, 0.5) is 0 Å². The van der Waals surface area contributed by atoms with Gasteiger partial charge in [-0.3, -0.25) is 0 Å². The monoisotopic (exact) mass is 249 g/mol.